The number of nitrogens with one attached hydrogen (secondary N) is 1. The third-order valence-corrected chi connectivity index (χ3v) is 5.86. The van der Waals surface area contributed by atoms with E-state index in [1.807, 2.05) is 70.2 Å². The van der Waals surface area contributed by atoms with Gasteiger partial charge in [-0.2, -0.15) is 0 Å². The quantitative estimate of drug-likeness (QED) is 0.458. The lowest BCUT2D eigenvalue weighted by atomic mass is 10.00. The lowest BCUT2D eigenvalue weighted by molar-refractivity contribution is -0.142. The van der Waals surface area contributed by atoms with Crippen molar-refractivity contribution in [2.45, 2.75) is 65.1 Å². The van der Waals surface area contributed by atoms with Gasteiger partial charge in [-0.25, -0.2) is 0 Å². The minimum Gasteiger partial charge on any atom is -0.497 e. The van der Waals surface area contributed by atoms with E-state index >= 15 is 0 Å². The molecule has 3 aromatic rings. The Kier molecular flexibility index (Phi) is 8.32. The van der Waals surface area contributed by atoms with Gasteiger partial charge in [-0.05, 0) is 67.6 Å². The van der Waals surface area contributed by atoms with Crippen LogP contribution in [0.25, 0.3) is 10.8 Å². The summed E-state index contributed by atoms with van der Waals surface area (Å²) in [6, 6.07) is 21.5. The molecule has 0 aliphatic carbocycles. The van der Waals surface area contributed by atoms with Gasteiger partial charge in [0, 0.05) is 18.5 Å². The van der Waals surface area contributed by atoms with Crippen LogP contribution in [-0.4, -0.2) is 35.4 Å². The number of fused-ring (bicyclic) bond motifs is 1. The summed E-state index contributed by atoms with van der Waals surface area (Å²) in [4.78, 5) is 28.5. The first kappa shape index (κ1) is 25.3. The average molecular weight is 461 g/mol. The fraction of sp³-hybridized carbons (Fsp3) is 0.379. The minimum atomic E-state index is -0.551. The topological polar surface area (TPSA) is 58.6 Å². The molecule has 0 aliphatic rings. The van der Waals surface area contributed by atoms with Gasteiger partial charge >= 0.3 is 0 Å². The molecule has 0 aliphatic heterocycles. The minimum absolute atomic E-state index is 0.0355. The molecule has 3 aromatic carbocycles. The molecule has 0 fully saturated rings. The number of benzene rings is 3. The maximum atomic E-state index is 13.6. The summed E-state index contributed by atoms with van der Waals surface area (Å²) in [5, 5.41) is 5.38. The second kappa shape index (κ2) is 11.2. The predicted octanol–water partition coefficient (Wildman–Crippen LogP) is 5.50. The molecule has 0 spiro atoms. The molecule has 5 heteroatoms. The van der Waals surface area contributed by atoms with E-state index in [1.54, 1.807) is 12.0 Å². The molecule has 34 heavy (non-hydrogen) atoms. The van der Waals surface area contributed by atoms with E-state index < -0.39 is 6.04 Å². The van der Waals surface area contributed by atoms with Crippen LogP contribution in [0.4, 0.5) is 0 Å². The number of hydrogen-bond donors (Lipinski definition) is 1. The maximum absolute atomic E-state index is 13.6. The van der Waals surface area contributed by atoms with Gasteiger partial charge in [-0.1, -0.05) is 61.5 Å². The third kappa shape index (κ3) is 6.60. The molecule has 5 nitrogen and oxygen atoms in total. The number of ether oxygens (including phenoxy) is 1. The molecule has 0 aromatic heterocycles. The van der Waals surface area contributed by atoms with Crippen molar-refractivity contribution in [3.8, 4) is 5.75 Å². The van der Waals surface area contributed by atoms with Crippen LogP contribution >= 0.6 is 0 Å². The summed E-state index contributed by atoms with van der Waals surface area (Å²) in [5.41, 5.74) is 1.69. The van der Waals surface area contributed by atoms with Crippen molar-refractivity contribution in [2.24, 2.45) is 0 Å². The maximum Gasteiger partial charge on any atom is 0.243 e. The predicted molar refractivity (Wildman–Crippen MR) is 138 cm³/mol. The average Bonchev–Trinajstić information content (AvgIpc) is 2.81. The monoisotopic (exact) mass is 460 g/mol. The van der Waals surface area contributed by atoms with Crippen molar-refractivity contribution in [1.29, 1.82) is 0 Å². The Hall–Kier alpha value is -3.34. The van der Waals surface area contributed by atoms with Crippen molar-refractivity contribution < 1.29 is 14.3 Å². The van der Waals surface area contributed by atoms with E-state index in [4.69, 9.17) is 4.74 Å². The normalized spacial score (nSPS) is 12.3. The van der Waals surface area contributed by atoms with Crippen LogP contribution < -0.4 is 10.1 Å². The van der Waals surface area contributed by atoms with Crippen molar-refractivity contribution in [2.75, 3.05) is 7.11 Å². The van der Waals surface area contributed by atoms with E-state index in [0.29, 0.717) is 25.8 Å². The Labute approximate surface area is 203 Å². The zero-order valence-electron chi connectivity index (χ0n) is 20.9. The van der Waals surface area contributed by atoms with Gasteiger partial charge in [0.15, 0.2) is 0 Å². The molecule has 0 saturated heterocycles. The Morgan fingerprint density at radius 3 is 2.41 bits per heavy atom. The first-order valence-corrected chi connectivity index (χ1v) is 11.9. The molecule has 0 saturated carbocycles. The number of hydrogen-bond acceptors (Lipinski definition) is 3. The number of carbonyl (C=O) groups excluding carboxylic acids is 2. The van der Waals surface area contributed by atoms with Gasteiger partial charge < -0.3 is 15.0 Å². The van der Waals surface area contributed by atoms with Crippen LogP contribution in [0.3, 0.4) is 0 Å². The van der Waals surface area contributed by atoms with Crippen LogP contribution in [0.5, 0.6) is 5.75 Å². The number of aryl methyl sites for hydroxylation is 1. The molecule has 0 bridgehead atoms. The Morgan fingerprint density at radius 2 is 1.71 bits per heavy atom. The van der Waals surface area contributed by atoms with E-state index in [9.17, 15) is 9.59 Å². The first-order chi connectivity index (χ1) is 16.2. The molecule has 1 N–H and O–H groups in total. The SMILES string of the molecule is CC[C@H](C(=O)NC(C)(C)C)N(Cc1cccc(OC)c1)C(=O)CCc1cccc2ccccc12. The van der Waals surface area contributed by atoms with E-state index in [-0.39, 0.29) is 17.4 Å². The van der Waals surface area contributed by atoms with Gasteiger partial charge in [0.1, 0.15) is 11.8 Å². The Morgan fingerprint density at radius 1 is 1.00 bits per heavy atom. The number of nitrogens with zero attached hydrogens (tertiary/aromatic N) is 1. The molecule has 0 radical (unpaired) electrons. The summed E-state index contributed by atoms with van der Waals surface area (Å²) in [5.74, 6) is 0.566. The molecule has 180 valence electrons. The van der Waals surface area contributed by atoms with Crippen LogP contribution in [0.1, 0.15) is 51.7 Å². The second-order valence-electron chi connectivity index (χ2n) is 9.67. The lowest BCUT2D eigenvalue weighted by Gasteiger charge is -2.33. The van der Waals surface area contributed by atoms with Crippen LogP contribution in [0.2, 0.25) is 0 Å². The highest BCUT2D eigenvalue weighted by Gasteiger charge is 2.30. The molecule has 1 atom stereocenters. The second-order valence-corrected chi connectivity index (χ2v) is 9.67. The third-order valence-electron chi connectivity index (χ3n) is 5.86. The smallest absolute Gasteiger partial charge is 0.243 e. The standard InChI is InChI=1S/C29H36N2O3/c1-6-26(28(33)30-29(2,3)4)31(20-21-11-9-15-24(19-21)34-5)27(32)18-17-23-14-10-13-22-12-7-8-16-25(22)23/h7-16,19,26H,6,17-18,20H2,1-5H3,(H,30,33)/t26-/m1/s1. The summed E-state index contributed by atoms with van der Waals surface area (Å²) in [6.45, 7) is 8.15. The number of methoxy groups -OCH3 is 1. The van der Waals surface area contributed by atoms with E-state index in [1.165, 1.54) is 0 Å². The summed E-state index contributed by atoms with van der Waals surface area (Å²) >= 11 is 0. The highest BCUT2D eigenvalue weighted by molar-refractivity contribution is 5.89. The number of amides is 2. The summed E-state index contributed by atoms with van der Waals surface area (Å²) in [7, 11) is 1.62. The highest BCUT2D eigenvalue weighted by atomic mass is 16.5. The van der Waals surface area contributed by atoms with Gasteiger partial charge in [-0.3, -0.25) is 9.59 Å². The Balaban J connectivity index is 1.86. The zero-order chi connectivity index (χ0) is 24.7. The van der Waals surface area contributed by atoms with Crippen molar-refractivity contribution >= 4 is 22.6 Å². The van der Waals surface area contributed by atoms with Gasteiger partial charge in [0.2, 0.25) is 11.8 Å². The molecule has 0 unspecified atom stereocenters. The van der Waals surface area contributed by atoms with Crippen LogP contribution in [-0.2, 0) is 22.6 Å². The molecular formula is C29H36N2O3. The van der Waals surface area contributed by atoms with Crippen molar-refractivity contribution in [3.63, 3.8) is 0 Å². The largest absolute Gasteiger partial charge is 0.497 e. The lowest BCUT2D eigenvalue weighted by Crippen LogP contribution is -2.53. The van der Waals surface area contributed by atoms with Gasteiger partial charge in [0.05, 0.1) is 7.11 Å². The number of carbonyl (C=O) groups is 2. The Bertz CT molecular complexity index is 1130. The first-order valence-electron chi connectivity index (χ1n) is 11.9. The molecule has 3 rings (SSSR count). The van der Waals surface area contributed by atoms with Gasteiger partial charge in [-0.15, -0.1) is 0 Å². The van der Waals surface area contributed by atoms with Crippen LogP contribution in [0, 0.1) is 0 Å². The molecule has 2 amide bonds. The van der Waals surface area contributed by atoms with Crippen LogP contribution in [0.15, 0.2) is 66.7 Å². The molecule has 0 heterocycles. The van der Waals surface area contributed by atoms with E-state index in [2.05, 4.69) is 29.6 Å². The fourth-order valence-electron chi connectivity index (χ4n) is 4.24. The van der Waals surface area contributed by atoms with Gasteiger partial charge in [0.25, 0.3) is 0 Å². The zero-order valence-corrected chi connectivity index (χ0v) is 20.9. The summed E-state index contributed by atoms with van der Waals surface area (Å²) < 4.78 is 5.36. The fourth-order valence-corrected chi connectivity index (χ4v) is 4.24. The number of rotatable bonds is 9. The van der Waals surface area contributed by atoms with Crippen molar-refractivity contribution in [1.82, 2.24) is 10.2 Å². The molecular weight excluding hydrogens is 424 g/mol. The highest BCUT2D eigenvalue weighted by Crippen LogP contribution is 2.22. The van der Waals surface area contributed by atoms with Crippen molar-refractivity contribution in [3.05, 3.63) is 77.9 Å². The van der Waals surface area contributed by atoms with E-state index in [0.717, 1.165) is 27.6 Å². The summed E-state index contributed by atoms with van der Waals surface area (Å²) in [6.07, 6.45) is 1.48.